The topological polar surface area (TPSA) is 48.5 Å². The van der Waals surface area contributed by atoms with Crippen LogP contribution in [0.4, 0.5) is 10.1 Å². The maximum atomic E-state index is 14.6. The number of halogens is 1. The van der Waals surface area contributed by atoms with Gasteiger partial charge >= 0.3 is 0 Å². The summed E-state index contributed by atoms with van der Waals surface area (Å²) in [6, 6.07) is 7.79. The first-order valence-corrected chi connectivity index (χ1v) is 12.5. The Bertz CT molecular complexity index is 906. The zero-order valence-corrected chi connectivity index (χ0v) is 20.3. The number of carbonyl (C=O) groups excluding carboxylic acids is 1. The fraction of sp³-hybridized carbons (Fsp3) is 0.565. The molecule has 2 aliphatic rings. The minimum absolute atomic E-state index is 0.154. The summed E-state index contributed by atoms with van der Waals surface area (Å²) in [6.45, 7) is 5.24. The summed E-state index contributed by atoms with van der Waals surface area (Å²) < 4.78 is 14.6. The Labute approximate surface area is 188 Å². The van der Waals surface area contributed by atoms with Gasteiger partial charge in [-0.2, -0.15) is 0 Å². The van der Waals surface area contributed by atoms with Gasteiger partial charge in [-0.05, 0) is 62.9 Å². The summed E-state index contributed by atoms with van der Waals surface area (Å²) in [5.74, 6) is 0.657. The van der Waals surface area contributed by atoms with Crippen molar-refractivity contribution in [1.82, 2.24) is 15.2 Å². The number of anilines is 1. The van der Waals surface area contributed by atoms with Crippen LogP contribution < -0.4 is 10.2 Å². The first-order valence-electron chi connectivity index (χ1n) is 11.3. The molecule has 1 N–H and O–H groups in total. The number of likely N-dealkylation sites (tertiary alicyclic amines) is 1. The van der Waals surface area contributed by atoms with E-state index < -0.39 is 5.15 Å². The highest BCUT2D eigenvalue weighted by Crippen LogP contribution is 2.44. The van der Waals surface area contributed by atoms with Crippen LogP contribution in [0.5, 0.6) is 0 Å². The van der Waals surface area contributed by atoms with Crippen LogP contribution in [0, 0.1) is 5.92 Å². The Hall–Kier alpha value is -1.35. The summed E-state index contributed by atoms with van der Waals surface area (Å²) in [5, 5.41) is 2.55. The van der Waals surface area contributed by atoms with E-state index in [4.69, 9.17) is 0 Å². The van der Waals surface area contributed by atoms with Gasteiger partial charge in [0.25, 0.3) is 0 Å². The standard InChI is InChI=1S/C23H33FN4OP2/c24-23(30,31)19-6-7-20(18-5-4-10-25-22(18)19)28-13-8-17(9-14-28)15-26-21(29)16-27-11-2-1-3-12-27/h4-7,10,17H,1-3,8-9,11-16,30-31H2,(H,26,29). The number of hydrogen-bond acceptors (Lipinski definition) is 4. The van der Waals surface area contributed by atoms with Gasteiger partial charge in [0, 0.05) is 42.5 Å². The lowest BCUT2D eigenvalue weighted by molar-refractivity contribution is -0.122. The highest BCUT2D eigenvalue weighted by Gasteiger charge is 2.26. The zero-order valence-electron chi connectivity index (χ0n) is 18.0. The minimum atomic E-state index is -1.59. The average molecular weight is 462 g/mol. The third-order valence-electron chi connectivity index (χ3n) is 6.52. The van der Waals surface area contributed by atoms with Crippen molar-refractivity contribution in [2.45, 2.75) is 37.3 Å². The van der Waals surface area contributed by atoms with Gasteiger partial charge in [-0.3, -0.25) is 14.7 Å². The van der Waals surface area contributed by atoms with E-state index in [0.717, 1.165) is 56.6 Å². The molecule has 2 atom stereocenters. The van der Waals surface area contributed by atoms with Crippen molar-refractivity contribution in [3.8, 4) is 0 Å². The number of nitrogens with one attached hydrogen (secondary N) is 1. The van der Waals surface area contributed by atoms with Crippen LogP contribution in [0.2, 0.25) is 0 Å². The molecule has 2 aromatic rings. The lowest BCUT2D eigenvalue weighted by Gasteiger charge is -2.35. The fourth-order valence-corrected chi connectivity index (χ4v) is 5.22. The number of amides is 1. The molecule has 1 aromatic heterocycles. The van der Waals surface area contributed by atoms with Gasteiger partial charge in [-0.25, -0.2) is 4.39 Å². The maximum Gasteiger partial charge on any atom is 0.234 e. The fourth-order valence-electron chi connectivity index (χ4n) is 4.76. The van der Waals surface area contributed by atoms with E-state index in [1.165, 1.54) is 19.3 Å². The van der Waals surface area contributed by atoms with Gasteiger partial charge in [0.15, 0.2) is 5.15 Å². The summed E-state index contributed by atoms with van der Waals surface area (Å²) >= 11 is 0. The van der Waals surface area contributed by atoms with Crippen molar-refractivity contribution in [3.05, 3.63) is 36.0 Å². The summed E-state index contributed by atoms with van der Waals surface area (Å²) in [5.41, 5.74) is 2.38. The first-order chi connectivity index (χ1) is 14.9. The summed E-state index contributed by atoms with van der Waals surface area (Å²) in [6.07, 6.45) is 7.49. The third kappa shape index (κ3) is 5.72. The highest BCUT2D eigenvalue weighted by molar-refractivity contribution is 7.38. The van der Waals surface area contributed by atoms with E-state index in [1.54, 1.807) is 6.20 Å². The minimum Gasteiger partial charge on any atom is -0.371 e. The molecule has 1 aromatic carbocycles. The lowest BCUT2D eigenvalue weighted by atomic mass is 9.95. The molecule has 0 radical (unpaired) electrons. The van der Waals surface area contributed by atoms with Crippen LogP contribution in [0.3, 0.4) is 0 Å². The smallest absolute Gasteiger partial charge is 0.234 e. The van der Waals surface area contributed by atoms with Crippen molar-refractivity contribution in [2.75, 3.05) is 44.2 Å². The molecule has 31 heavy (non-hydrogen) atoms. The van der Waals surface area contributed by atoms with E-state index >= 15 is 0 Å². The molecule has 0 spiro atoms. The van der Waals surface area contributed by atoms with Gasteiger partial charge < -0.3 is 10.2 Å². The van der Waals surface area contributed by atoms with E-state index in [1.807, 2.05) is 24.3 Å². The van der Waals surface area contributed by atoms with Crippen LogP contribution in [0.15, 0.2) is 30.5 Å². The number of carbonyl (C=O) groups is 1. The Morgan fingerprint density at radius 1 is 1.13 bits per heavy atom. The number of benzene rings is 1. The molecule has 8 heteroatoms. The molecule has 0 bridgehead atoms. The van der Waals surface area contributed by atoms with Crippen molar-refractivity contribution < 1.29 is 9.18 Å². The van der Waals surface area contributed by atoms with Crippen LogP contribution in [0.1, 0.15) is 37.7 Å². The maximum absolute atomic E-state index is 14.6. The predicted molar refractivity (Wildman–Crippen MR) is 132 cm³/mol. The third-order valence-corrected chi connectivity index (χ3v) is 7.14. The zero-order chi connectivity index (χ0) is 21.8. The molecular formula is C23H33FN4OP2. The van der Waals surface area contributed by atoms with Crippen molar-refractivity contribution >= 4 is 41.0 Å². The second kappa shape index (κ2) is 10.1. The molecule has 2 aliphatic heterocycles. The lowest BCUT2D eigenvalue weighted by Crippen LogP contribution is -2.43. The molecule has 4 rings (SSSR count). The average Bonchev–Trinajstić information content (AvgIpc) is 2.77. The van der Waals surface area contributed by atoms with E-state index in [9.17, 15) is 9.18 Å². The Kier molecular flexibility index (Phi) is 7.41. The highest BCUT2D eigenvalue weighted by atomic mass is 31.1. The van der Waals surface area contributed by atoms with E-state index in [0.29, 0.717) is 23.5 Å². The first kappa shape index (κ1) is 22.8. The SMILES string of the molecule is O=C(CN1CCCCC1)NCC1CCN(c2ccc(C(F)(P)P)c3ncccc23)CC1. The number of rotatable bonds is 6. The largest absolute Gasteiger partial charge is 0.371 e. The summed E-state index contributed by atoms with van der Waals surface area (Å²) in [7, 11) is 4.48. The number of aromatic nitrogens is 1. The number of hydrogen-bond donors (Lipinski definition) is 1. The van der Waals surface area contributed by atoms with Gasteiger partial charge in [0.1, 0.15) is 0 Å². The van der Waals surface area contributed by atoms with Gasteiger partial charge in [-0.1, -0.05) is 31.0 Å². The summed E-state index contributed by atoms with van der Waals surface area (Å²) in [4.78, 5) is 21.4. The molecule has 168 valence electrons. The number of nitrogens with zero attached hydrogens (tertiary/aromatic N) is 3. The van der Waals surface area contributed by atoms with Crippen molar-refractivity contribution in [1.29, 1.82) is 0 Å². The second-order valence-electron chi connectivity index (χ2n) is 8.87. The van der Waals surface area contributed by atoms with Gasteiger partial charge in [-0.15, -0.1) is 0 Å². The quantitative estimate of drug-likeness (QED) is 0.662. The monoisotopic (exact) mass is 462 g/mol. The van der Waals surface area contributed by atoms with E-state index in [-0.39, 0.29) is 5.91 Å². The van der Waals surface area contributed by atoms with Crippen molar-refractivity contribution in [3.63, 3.8) is 0 Å². The van der Waals surface area contributed by atoms with Crippen molar-refractivity contribution in [2.24, 2.45) is 5.92 Å². The molecule has 0 saturated carbocycles. The second-order valence-corrected chi connectivity index (χ2v) is 11.2. The van der Waals surface area contributed by atoms with Gasteiger partial charge in [0.05, 0.1) is 12.1 Å². The molecule has 2 unspecified atom stereocenters. The number of fused-ring (bicyclic) bond motifs is 1. The molecule has 5 nitrogen and oxygen atoms in total. The normalized spacial score (nSPS) is 19.0. The molecular weight excluding hydrogens is 429 g/mol. The van der Waals surface area contributed by atoms with Crippen LogP contribution in [-0.4, -0.2) is 55.1 Å². The Balaban J connectivity index is 1.34. The van der Waals surface area contributed by atoms with E-state index in [2.05, 4.69) is 38.6 Å². The predicted octanol–water partition coefficient (Wildman–Crippen LogP) is 3.88. The molecule has 3 heterocycles. The number of alkyl halides is 1. The molecule has 2 fully saturated rings. The van der Waals surface area contributed by atoms with Gasteiger partial charge in [0.2, 0.25) is 5.91 Å². The van der Waals surface area contributed by atoms with Crippen LogP contribution in [0.25, 0.3) is 10.9 Å². The molecule has 1 amide bonds. The molecule has 0 aliphatic carbocycles. The molecule has 2 saturated heterocycles. The number of pyridine rings is 1. The van der Waals surface area contributed by atoms with Crippen LogP contribution in [-0.2, 0) is 9.95 Å². The van der Waals surface area contributed by atoms with Crippen LogP contribution >= 0.6 is 18.5 Å². The Morgan fingerprint density at radius 2 is 1.87 bits per heavy atom. The Morgan fingerprint density at radius 3 is 2.58 bits per heavy atom. The number of piperidine rings is 2.